The normalized spacial score (nSPS) is 10.9. The number of aromatic nitrogens is 5. The molecule has 0 spiro atoms. The molecule has 0 radical (unpaired) electrons. The highest BCUT2D eigenvalue weighted by Gasteiger charge is 2.13. The van der Waals surface area contributed by atoms with Crippen LogP contribution in [0.5, 0.6) is 0 Å². The van der Waals surface area contributed by atoms with E-state index in [1.807, 2.05) is 32.0 Å². The molecular weight excluding hydrogens is 294 g/mol. The van der Waals surface area contributed by atoms with Gasteiger partial charge in [-0.15, -0.1) is 0 Å². The molecule has 0 saturated heterocycles. The summed E-state index contributed by atoms with van der Waals surface area (Å²) < 4.78 is 1.59. The molecule has 3 rings (SSSR count). The van der Waals surface area contributed by atoms with Gasteiger partial charge in [-0.3, -0.25) is 9.55 Å². The molecule has 116 valence electrons. The minimum atomic E-state index is -1.07. The van der Waals surface area contributed by atoms with Crippen LogP contribution in [0.2, 0.25) is 0 Å². The van der Waals surface area contributed by atoms with Crippen LogP contribution >= 0.6 is 0 Å². The number of aromatic carboxylic acids is 1. The van der Waals surface area contributed by atoms with Crippen molar-refractivity contribution in [2.75, 3.05) is 0 Å². The predicted octanol–water partition coefficient (Wildman–Crippen LogP) is 2.55. The summed E-state index contributed by atoms with van der Waals surface area (Å²) in [6.45, 7) is 4.08. The van der Waals surface area contributed by atoms with E-state index < -0.39 is 5.97 Å². The Morgan fingerprint density at radius 2 is 1.96 bits per heavy atom. The average molecular weight is 309 g/mol. The van der Waals surface area contributed by atoms with Crippen LogP contribution in [0.15, 0.2) is 43.1 Å². The summed E-state index contributed by atoms with van der Waals surface area (Å²) >= 11 is 0. The Kier molecular flexibility index (Phi) is 3.84. The molecule has 0 fully saturated rings. The Morgan fingerprint density at radius 1 is 1.22 bits per heavy atom. The molecule has 0 atom stereocenters. The molecule has 3 heterocycles. The summed E-state index contributed by atoms with van der Waals surface area (Å²) in [5.41, 5.74) is 1.69. The Balaban J connectivity index is 2.12. The first-order chi connectivity index (χ1) is 11.0. The lowest BCUT2D eigenvalue weighted by Gasteiger charge is -2.10. The zero-order valence-corrected chi connectivity index (χ0v) is 12.7. The predicted molar refractivity (Wildman–Crippen MR) is 83.4 cm³/mol. The maximum Gasteiger partial charge on any atom is 0.356 e. The van der Waals surface area contributed by atoms with Gasteiger partial charge in [-0.2, -0.15) is 0 Å². The van der Waals surface area contributed by atoms with E-state index in [0.717, 1.165) is 11.3 Å². The van der Waals surface area contributed by atoms with Crippen LogP contribution in [0.3, 0.4) is 0 Å². The number of carbonyl (C=O) groups is 1. The number of carboxylic acids is 1. The third kappa shape index (κ3) is 3.08. The molecule has 7 nitrogen and oxygen atoms in total. The van der Waals surface area contributed by atoms with Crippen molar-refractivity contribution in [2.24, 2.45) is 0 Å². The molecule has 3 aromatic rings. The van der Waals surface area contributed by atoms with Crippen molar-refractivity contribution in [3.05, 3.63) is 54.5 Å². The van der Waals surface area contributed by atoms with Crippen LogP contribution in [0.1, 0.15) is 35.9 Å². The van der Waals surface area contributed by atoms with E-state index in [0.29, 0.717) is 11.6 Å². The van der Waals surface area contributed by atoms with Crippen LogP contribution in [0.25, 0.3) is 17.2 Å². The fourth-order valence-electron chi connectivity index (χ4n) is 2.07. The van der Waals surface area contributed by atoms with Gasteiger partial charge < -0.3 is 5.11 Å². The van der Waals surface area contributed by atoms with Gasteiger partial charge in [0.2, 0.25) is 0 Å². The molecular formula is C16H15N5O2. The molecule has 0 saturated carbocycles. The molecule has 3 aromatic heterocycles. The van der Waals surface area contributed by atoms with Crippen molar-refractivity contribution in [1.82, 2.24) is 24.5 Å². The van der Waals surface area contributed by atoms with Gasteiger partial charge >= 0.3 is 5.97 Å². The molecule has 0 amide bonds. The van der Waals surface area contributed by atoms with E-state index in [1.54, 1.807) is 17.0 Å². The van der Waals surface area contributed by atoms with E-state index in [-0.39, 0.29) is 11.6 Å². The number of imidazole rings is 1. The van der Waals surface area contributed by atoms with Gasteiger partial charge in [0.25, 0.3) is 0 Å². The summed E-state index contributed by atoms with van der Waals surface area (Å²) in [5.74, 6) is 0.283. The Labute approximate surface area is 132 Å². The van der Waals surface area contributed by atoms with Gasteiger partial charge in [0, 0.05) is 35.9 Å². The first kappa shape index (κ1) is 14.8. The topological polar surface area (TPSA) is 93.8 Å². The highest BCUT2D eigenvalue weighted by atomic mass is 16.4. The lowest BCUT2D eigenvalue weighted by molar-refractivity contribution is 0.0691. The van der Waals surface area contributed by atoms with Crippen LogP contribution in [0, 0.1) is 0 Å². The molecule has 0 bridgehead atoms. The molecule has 23 heavy (non-hydrogen) atoms. The first-order valence-corrected chi connectivity index (χ1v) is 7.11. The number of nitrogens with zero attached hydrogens (tertiary/aromatic N) is 5. The summed E-state index contributed by atoms with van der Waals surface area (Å²) in [6, 6.07) is 5.50. The molecule has 0 unspecified atom stereocenters. The van der Waals surface area contributed by atoms with E-state index in [2.05, 4.69) is 19.9 Å². The molecule has 0 aliphatic rings. The van der Waals surface area contributed by atoms with Gasteiger partial charge in [-0.25, -0.2) is 19.7 Å². The van der Waals surface area contributed by atoms with Crippen LogP contribution in [0.4, 0.5) is 0 Å². The number of carboxylic acid groups (broad SMARTS) is 1. The second-order valence-corrected chi connectivity index (χ2v) is 5.34. The first-order valence-electron chi connectivity index (χ1n) is 7.11. The number of rotatable bonds is 4. The monoisotopic (exact) mass is 309 g/mol. The van der Waals surface area contributed by atoms with Crippen molar-refractivity contribution in [3.63, 3.8) is 0 Å². The summed E-state index contributed by atoms with van der Waals surface area (Å²) in [6.07, 6.45) is 6.23. The van der Waals surface area contributed by atoms with E-state index in [9.17, 15) is 4.79 Å². The quantitative estimate of drug-likeness (QED) is 0.796. The second-order valence-electron chi connectivity index (χ2n) is 5.34. The summed E-state index contributed by atoms with van der Waals surface area (Å²) in [5, 5.41) is 9.00. The zero-order chi connectivity index (χ0) is 16.4. The second kappa shape index (κ2) is 5.96. The minimum Gasteiger partial charge on any atom is -0.476 e. The third-order valence-corrected chi connectivity index (χ3v) is 3.33. The van der Waals surface area contributed by atoms with Gasteiger partial charge in [0.15, 0.2) is 11.5 Å². The highest BCUT2D eigenvalue weighted by molar-refractivity contribution is 5.85. The Morgan fingerprint density at radius 3 is 2.57 bits per heavy atom. The van der Waals surface area contributed by atoms with E-state index in [1.165, 1.54) is 12.5 Å². The smallest absolute Gasteiger partial charge is 0.356 e. The standard InChI is InChI=1S/C16H15N5O2/c1-10(2)12-7-14(21-8-13(16(22)23)18-9-21)20-15(19-12)11-3-5-17-6-4-11/h3-10H,1-2H3,(H,22,23). The minimum absolute atomic E-state index is 0.0276. The summed E-state index contributed by atoms with van der Waals surface area (Å²) in [4.78, 5) is 28.0. The lowest BCUT2D eigenvalue weighted by Crippen LogP contribution is -2.04. The molecule has 7 heteroatoms. The maximum absolute atomic E-state index is 11.0. The average Bonchev–Trinajstić information content (AvgIpc) is 3.05. The third-order valence-electron chi connectivity index (χ3n) is 3.33. The van der Waals surface area contributed by atoms with Crippen molar-refractivity contribution >= 4 is 5.97 Å². The zero-order valence-electron chi connectivity index (χ0n) is 12.7. The van der Waals surface area contributed by atoms with Gasteiger partial charge in [0.1, 0.15) is 12.1 Å². The summed E-state index contributed by atoms with van der Waals surface area (Å²) in [7, 11) is 0. The highest BCUT2D eigenvalue weighted by Crippen LogP contribution is 2.21. The SMILES string of the molecule is CC(C)c1cc(-n2cnc(C(=O)O)c2)nc(-c2ccncc2)n1. The van der Waals surface area contributed by atoms with Crippen molar-refractivity contribution in [2.45, 2.75) is 19.8 Å². The van der Waals surface area contributed by atoms with Gasteiger partial charge in [-0.1, -0.05) is 13.8 Å². The fraction of sp³-hybridized carbons (Fsp3) is 0.188. The van der Waals surface area contributed by atoms with Crippen LogP contribution in [-0.4, -0.2) is 35.6 Å². The van der Waals surface area contributed by atoms with E-state index in [4.69, 9.17) is 5.11 Å². The Hall–Kier alpha value is -3.09. The molecule has 0 aliphatic carbocycles. The largest absolute Gasteiger partial charge is 0.476 e. The van der Waals surface area contributed by atoms with Crippen molar-refractivity contribution in [3.8, 4) is 17.2 Å². The van der Waals surface area contributed by atoms with Crippen molar-refractivity contribution < 1.29 is 9.90 Å². The van der Waals surface area contributed by atoms with Crippen molar-refractivity contribution in [1.29, 1.82) is 0 Å². The Bertz CT molecular complexity index is 843. The maximum atomic E-state index is 11.0. The van der Waals surface area contributed by atoms with Crippen LogP contribution in [-0.2, 0) is 0 Å². The van der Waals surface area contributed by atoms with Gasteiger partial charge in [0.05, 0.1) is 0 Å². The molecule has 1 N–H and O–H groups in total. The van der Waals surface area contributed by atoms with E-state index >= 15 is 0 Å². The van der Waals surface area contributed by atoms with Crippen LogP contribution < -0.4 is 0 Å². The molecule has 0 aliphatic heterocycles. The lowest BCUT2D eigenvalue weighted by atomic mass is 10.1. The number of pyridine rings is 1. The number of hydrogen-bond acceptors (Lipinski definition) is 5. The van der Waals surface area contributed by atoms with Gasteiger partial charge in [-0.05, 0) is 18.1 Å². The fourth-order valence-corrected chi connectivity index (χ4v) is 2.07. The number of hydrogen-bond donors (Lipinski definition) is 1. The molecule has 0 aromatic carbocycles.